The maximum atomic E-state index is 12.9. The van der Waals surface area contributed by atoms with E-state index >= 15 is 0 Å². The molecule has 2 aromatic carbocycles. The minimum absolute atomic E-state index is 0.0500. The lowest BCUT2D eigenvalue weighted by atomic mass is 10.0. The molecule has 1 aromatic heterocycles. The Hall–Kier alpha value is -2.55. The molecule has 0 aliphatic rings. The first-order chi connectivity index (χ1) is 11.1. The average molecular weight is 306 g/mol. The molecule has 0 radical (unpaired) electrons. The third-order valence-electron chi connectivity index (χ3n) is 4.05. The van der Waals surface area contributed by atoms with Gasteiger partial charge in [0.05, 0.1) is 11.4 Å². The lowest BCUT2D eigenvalue weighted by molar-refractivity contribution is 0.841. The third kappa shape index (κ3) is 3.00. The number of hydrogen-bond acceptors (Lipinski definition) is 1. The quantitative estimate of drug-likeness (QED) is 0.762. The highest BCUT2D eigenvalue weighted by Gasteiger charge is 2.16. The van der Waals surface area contributed by atoms with E-state index in [1.54, 1.807) is 4.68 Å². The van der Waals surface area contributed by atoms with Crippen LogP contribution < -0.4 is 5.56 Å². The van der Waals surface area contributed by atoms with Gasteiger partial charge < -0.3 is 0 Å². The number of H-pyrrole nitrogens is 1. The molecule has 0 spiro atoms. The lowest BCUT2D eigenvalue weighted by Gasteiger charge is -2.04. The highest BCUT2D eigenvalue weighted by Crippen LogP contribution is 2.23. The van der Waals surface area contributed by atoms with Gasteiger partial charge in [0.25, 0.3) is 5.56 Å². The topological polar surface area (TPSA) is 37.8 Å². The Bertz CT molecular complexity index is 887. The summed E-state index contributed by atoms with van der Waals surface area (Å²) in [5.41, 5.74) is 6.12. The number of benzene rings is 2. The van der Waals surface area contributed by atoms with Gasteiger partial charge in [-0.15, -0.1) is 0 Å². The van der Waals surface area contributed by atoms with Crippen LogP contribution in [0.5, 0.6) is 0 Å². The molecule has 0 unspecified atom stereocenters. The molecule has 3 rings (SSSR count). The van der Waals surface area contributed by atoms with Crippen LogP contribution in [0, 0.1) is 13.8 Å². The molecule has 3 aromatic rings. The number of aromatic amines is 1. The number of nitrogens with zero attached hydrogens (tertiary/aromatic N) is 1. The van der Waals surface area contributed by atoms with Crippen LogP contribution in [0.4, 0.5) is 0 Å². The maximum Gasteiger partial charge on any atom is 0.275 e. The predicted octanol–water partition coefficient (Wildman–Crippen LogP) is 4.40. The van der Waals surface area contributed by atoms with Gasteiger partial charge in [0, 0.05) is 11.1 Å². The molecule has 3 nitrogen and oxygen atoms in total. The first-order valence-corrected chi connectivity index (χ1v) is 8.08. The molecule has 23 heavy (non-hydrogen) atoms. The molecule has 0 amide bonds. The number of nitrogens with one attached hydrogen (secondary N) is 1. The van der Waals surface area contributed by atoms with Crippen molar-refractivity contribution in [3.63, 3.8) is 0 Å². The molecular weight excluding hydrogens is 284 g/mol. The summed E-state index contributed by atoms with van der Waals surface area (Å²) in [4.78, 5) is 12.9. The van der Waals surface area contributed by atoms with Crippen molar-refractivity contribution in [2.24, 2.45) is 0 Å². The first kappa shape index (κ1) is 15.3. The van der Waals surface area contributed by atoms with Crippen LogP contribution in [0.15, 0.2) is 53.3 Å². The van der Waals surface area contributed by atoms with Crippen LogP contribution in [0.2, 0.25) is 0 Å². The van der Waals surface area contributed by atoms with Gasteiger partial charge in [0.2, 0.25) is 0 Å². The third-order valence-corrected chi connectivity index (χ3v) is 4.05. The Morgan fingerprint density at radius 1 is 1.00 bits per heavy atom. The van der Waals surface area contributed by atoms with Gasteiger partial charge in [-0.05, 0) is 44.0 Å². The second-order valence-electron chi connectivity index (χ2n) is 6.06. The molecule has 118 valence electrons. The minimum atomic E-state index is 0.0500. The molecular formula is C20H22N2O. The van der Waals surface area contributed by atoms with Crippen molar-refractivity contribution in [2.45, 2.75) is 33.6 Å². The van der Waals surface area contributed by atoms with Crippen LogP contribution in [0.25, 0.3) is 16.9 Å². The maximum absolute atomic E-state index is 12.9. The molecule has 0 fully saturated rings. The molecule has 1 N–H and O–H groups in total. The SMILES string of the molecule is CCCc1c(-c2cccc(C)c2)[nH]n(-c2cccc(C)c2)c1=O. The lowest BCUT2D eigenvalue weighted by Crippen LogP contribution is -2.17. The summed E-state index contributed by atoms with van der Waals surface area (Å²) < 4.78 is 1.66. The van der Waals surface area contributed by atoms with Crippen molar-refractivity contribution in [1.82, 2.24) is 9.78 Å². The van der Waals surface area contributed by atoms with E-state index in [2.05, 4.69) is 37.1 Å². The smallest absolute Gasteiger partial charge is 0.275 e. The van der Waals surface area contributed by atoms with Gasteiger partial charge in [-0.3, -0.25) is 9.89 Å². The Labute approximate surface area is 136 Å². The predicted molar refractivity (Wildman–Crippen MR) is 95.3 cm³/mol. The van der Waals surface area contributed by atoms with Crippen LogP contribution in [0.1, 0.15) is 30.0 Å². The van der Waals surface area contributed by atoms with Crippen molar-refractivity contribution < 1.29 is 0 Å². The zero-order valence-corrected chi connectivity index (χ0v) is 13.9. The van der Waals surface area contributed by atoms with E-state index in [4.69, 9.17) is 0 Å². The summed E-state index contributed by atoms with van der Waals surface area (Å²) in [5, 5.41) is 3.33. The standard InChI is InChI=1S/C20H22N2O/c1-4-7-18-19(16-10-5-8-14(2)12-16)21-22(20(18)23)17-11-6-9-15(3)13-17/h5-6,8-13,21H,4,7H2,1-3H3. The van der Waals surface area contributed by atoms with Crippen molar-refractivity contribution in [3.8, 4) is 16.9 Å². The summed E-state index contributed by atoms with van der Waals surface area (Å²) >= 11 is 0. The average Bonchev–Trinajstić information content (AvgIpc) is 2.85. The number of aryl methyl sites for hydroxylation is 2. The van der Waals surface area contributed by atoms with Crippen LogP contribution in [-0.2, 0) is 6.42 Å². The number of rotatable bonds is 4. The van der Waals surface area contributed by atoms with Gasteiger partial charge in [-0.2, -0.15) is 0 Å². The number of aromatic nitrogens is 2. The Kier molecular flexibility index (Phi) is 4.20. The van der Waals surface area contributed by atoms with E-state index in [-0.39, 0.29) is 5.56 Å². The van der Waals surface area contributed by atoms with Gasteiger partial charge in [-0.25, -0.2) is 4.68 Å². The normalized spacial score (nSPS) is 10.9. The minimum Gasteiger partial charge on any atom is -0.290 e. The monoisotopic (exact) mass is 306 g/mol. The van der Waals surface area contributed by atoms with E-state index in [1.807, 2.05) is 37.3 Å². The van der Waals surface area contributed by atoms with E-state index in [0.29, 0.717) is 0 Å². The fourth-order valence-electron chi connectivity index (χ4n) is 2.94. The molecule has 0 atom stereocenters. The molecule has 0 aliphatic heterocycles. The van der Waals surface area contributed by atoms with Crippen LogP contribution in [0.3, 0.4) is 0 Å². The van der Waals surface area contributed by atoms with Gasteiger partial charge in [0.1, 0.15) is 0 Å². The Morgan fingerprint density at radius 3 is 2.35 bits per heavy atom. The van der Waals surface area contributed by atoms with Crippen molar-refractivity contribution >= 4 is 0 Å². The summed E-state index contributed by atoms with van der Waals surface area (Å²) in [6.07, 6.45) is 1.72. The zero-order valence-electron chi connectivity index (χ0n) is 13.9. The van der Waals surface area contributed by atoms with Gasteiger partial charge >= 0.3 is 0 Å². The molecule has 0 saturated heterocycles. The first-order valence-electron chi connectivity index (χ1n) is 8.08. The molecule has 1 heterocycles. The summed E-state index contributed by atoms with van der Waals surface area (Å²) in [7, 11) is 0. The molecule has 0 aliphatic carbocycles. The van der Waals surface area contributed by atoms with Crippen LogP contribution in [-0.4, -0.2) is 9.78 Å². The van der Waals surface area contributed by atoms with Crippen molar-refractivity contribution in [2.75, 3.05) is 0 Å². The van der Waals surface area contributed by atoms with Gasteiger partial charge in [0.15, 0.2) is 0 Å². The van der Waals surface area contributed by atoms with Crippen LogP contribution >= 0.6 is 0 Å². The number of hydrogen-bond donors (Lipinski definition) is 1. The molecule has 0 bridgehead atoms. The highest BCUT2D eigenvalue weighted by molar-refractivity contribution is 5.64. The largest absolute Gasteiger partial charge is 0.290 e. The fourth-order valence-corrected chi connectivity index (χ4v) is 2.94. The Morgan fingerprint density at radius 2 is 1.70 bits per heavy atom. The summed E-state index contributed by atoms with van der Waals surface area (Å²) in [5.74, 6) is 0. The highest BCUT2D eigenvalue weighted by atomic mass is 16.1. The molecule has 3 heteroatoms. The van der Waals surface area contributed by atoms with Crippen molar-refractivity contribution in [3.05, 3.63) is 75.6 Å². The van der Waals surface area contributed by atoms with Gasteiger partial charge in [-0.1, -0.05) is 49.2 Å². The Balaban J connectivity index is 2.21. The van der Waals surface area contributed by atoms with E-state index < -0.39 is 0 Å². The second kappa shape index (κ2) is 6.29. The molecule has 0 saturated carbocycles. The summed E-state index contributed by atoms with van der Waals surface area (Å²) in [6, 6.07) is 16.3. The summed E-state index contributed by atoms with van der Waals surface area (Å²) in [6.45, 7) is 6.20. The van der Waals surface area contributed by atoms with E-state index in [9.17, 15) is 4.79 Å². The fraction of sp³-hybridized carbons (Fsp3) is 0.250. The van der Waals surface area contributed by atoms with Crippen molar-refractivity contribution in [1.29, 1.82) is 0 Å². The second-order valence-corrected chi connectivity index (χ2v) is 6.06. The van der Waals surface area contributed by atoms with E-state index in [0.717, 1.165) is 40.9 Å². The van der Waals surface area contributed by atoms with E-state index in [1.165, 1.54) is 5.56 Å². The zero-order chi connectivity index (χ0) is 16.4.